The Morgan fingerprint density at radius 2 is 1.92 bits per heavy atom. The number of hydrogen-bond donors (Lipinski definition) is 2. The Kier molecular flexibility index (Phi) is 5.63. The van der Waals surface area contributed by atoms with Crippen molar-refractivity contribution < 1.29 is 4.79 Å². The number of halogens is 2. The molecular weight excluding hydrogens is 347 g/mol. The Labute approximate surface area is 151 Å². The molecule has 128 valence electrons. The first kappa shape index (κ1) is 17.1. The second-order valence-electron chi connectivity index (χ2n) is 6.05. The fourth-order valence-corrected chi connectivity index (χ4v) is 3.33. The van der Waals surface area contributed by atoms with E-state index in [0.29, 0.717) is 22.4 Å². The van der Waals surface area contributed by atoms with Crippen molar-refractivity contribution in [1.29, 1.82) is 0 Å². The van der Waals surface area contributed by atoms with E-state index in [0.717, 1.165) is 31.2 Å². The van der Waals surface area contributed by atoms with Gasteiger partial charge in [-0.25, -0.2) is 4.79 Å². The third-order valence-electron chi connectivity index (χ3n) is 4.18. The van der Waals surface area contributed by atoms with E-state index in [2.05, 4.69) is 15.7 Å². The second kappa shape index (κ2) is 7.90. The number of urea groups is 1. The highest BCUT2D eigenvalue weighted by Crippen LogP contribution is 2.22. The fraction of sp³-hybridized carbons (Fsp3) is 0.412. The zero-order valence-electron chi connectivity index (χ0n) is 13.3. The van der Waals surface area contributed by atoms with Gasteiger partial charge in [-0.05, 0) is 24.5 Å². The van der Waals surface area contributed by atoms with Crippen molar-refractivity contribution in [2.24, 2.45) is 0 Å². The normalized spacial score (nSPS) is 15.2. The smallest absolute Gasteiger partial charge is 0.320 e. The first-order chi connectivity index (χ1) is 11.6. The van der Waals surface area contributed by atoms with Crippen molar-refractivity contribution in [3.8, 4) is 0 Å². The van der Waals surface area contributed by atoms with Crippen molar-refractivity contribution in [2.75, 3.05) is 5.32 Å². The lowest BCUT2D eigenvalue weighted by molar-refractivity contribution is 0.244. The van der Waals surface area contributed by atoms with Crippen LogP contribution in [-0.4, -0.2) is 21.9 Å². The van der Waals surface area contributed by atoms with E-state index in [1.165, 1.54) is 6.42 Å². The number of rotatable bonds is 4. The maximum atomic E-state index is 12.1. The Bertz CT molecular complexity index is 710. The molecule has 7 heteroatoms. The zero-order chi connectivity index (χ0) is 16.9. The van der Waals surface area contributed by atoms with Gasteiger partial charge < -0.3 is 5.32 Å². The average Bonchev–Trinajstić information content (AvgIpc) is 2.90. The molecule has 24 heavy (non-hydrogen) atoms. The van der Waals surface area contributed by atoms with E-state index in [-0.39, 0.29) is 12.1 Å². The van der Waals surface area contributed by atoms with Crippen molar-refractivity contribution in [3.63, 3.8) is 0 Å². The molecule has 0 unspecified atom stereocenters. The summed E-state index contributed by atoms with van der Waals surface area (Å²) in [4.78, 5) is 12.1. The molecule has 0 atom stereocenters. The van der Waals surface area contributed by atoms with Crippen molar-refractivity contribution in [1.82, 2.24) is 15.1 Å². The molecule has 0 spiro atoms. The summed E-state index contributed by atoms with van der Waals surface area (Å²) in [5.41, 5.74) is 0.941. The molecule has 0 bridgehead atoms. The van der Waals surface area contributed by atoms with Gasteiger partial charge in [0.2, 0.25) is 0 Å². The SMILES string of the molecule is O=C(Nc1nn(Cc2ccccc2Cl)cc1Cl)NC1CCCCC1. The summed E-state index contributed by atoms with van der Waals surface area (Å²) >= 11 is 12.3. The number of carbonyl (C=O) groups excluding carboxylic acids is 1. The summed E-state index contributed by atoms with van der Waals surface area (Å²) in [5.74, 6) is 0.358. The molecule has 2 aromatic rings. The van der Waals surface area contributed by atoms with Crippen LogP contribution < -0.4 is 10.6 Å². The number of carbonyl (C=O) groups is 1. The van der Waals surface area contributed by atoms with Crippen LogP contribution in [0.1, 0.15) is 37.7 Å². The van der Waals surface area contributed by atoms with Gasteiger partial charge in [0, 0.05) is 17.3 Å². The van der Waals surface area contributed by atoms with Crippen LogP contribution in [0.15, 0.2) is 30.5 Å². The molecule has 0 aliphatic heterocycles. The molecule has 1 fully saturated rings. The number of nitrogens with zero attached hydrogens (tertiary/aromatic N) is 2. The maximum absolute atomic E-state index is 12.1. The van der Waals surface area contributed by atoms with Gasteiger partial charge in [-0.15, -0.1) is 0 Å². The van der Waals surface area contributed by atoms with Gasteiger partial charge in [0.15, 0.2) is 5.82 Å². The molecule has 1 aromatic heterocycles. The molecule has 2 amide bonds. The zero-order valence-corrected chi connectivity index (χ0v) is 14.8. The summed E-state index contributed by atoms with van der Waals surface area (Å²) in [5, 5.41) is 11.1. The highest BCUT2D eigenvalue weighted by atomic mass is 35.5. The lowest BCUT2D eigenvalue weighted by atomic mass is 9.96. The lowest BCUT2D eigenvalue weighted by Crippen LogP contribution is -2.39. The first-order valence-electron chi connectivity index (χ1n) is 8.15. The summed E-state index contributed by atoms with van der Waals surface area (Å²) in [6.07, 6.45) is 7.32. The first-order valence-corrected chi connectivity index (χ1v) is 8.91. The predicted octanol–water partition coefficient (Wildman–Crippen LogP) is 4.69. The molecule has 0 radical (unpaired) electrons. The van der Waals surface area contributed by atoms with Crippen LogP contribution in [0.25, 0.3) is 0 Å². The third kappa shape index (κ3) is 4.42. The Hall–Kier alpha value is -1.72. The molecule has 1 aliphatic carbocycles. The molecule has 1 heterocycles. The van der Waals surface area contributed by atoms with E-state index < -0.39 is 0 Å². The summed E-state index contributed by atoms with van der Waals surface area (Å²) in [7, 11) is 0. The molecule has 2 N–H and O–H groups in total. The second-order valence-corrected chi connectivity index (χ2v) is 6.86. The van der Waals surface area contributed by atoms with Gasteiger partial charge in [0.1, 0.15) is 5.02 Å². The number of amides is 2. The number of nitrogens with one attached hydrogen (secondary N) is 2. The van der Waals surface area contributed by atoms with Gasteiger partial charge in [-0.1, -0.05) is 60.7 Å². The lowest BCUT2D eigenvalue weighted by Gasteiger charge is -2.22. The van der Waals surface area contributed by atoms with Gasteiger partial charge in [-0.2, -0.15) is 5.10 Å². The van der Waals surface area contributed by atoms with Crippen LogP contribution in [0.4, 0.5) is 10.6 Å². The predicted molar refractivity (Wildman–Crippen MR) is 96.8 cm³/mol. The van der Waals surface area contributed by atoms with Gasteiger partial charge in [-0.3, -0.25) is 10.00 Å². The van der Waals surface area contributed by atoms with E-state index in [1.807, 2.05) is 24.3 Å². The molecule has 1 saturated carbocycles. The number of hydrogen-bond acceptors (Lipinski definition) is 2. The summed E-state index contributed by atoms with van der Waals surface area (Å²) < 4.78 is 1.67. The standard InChI is InChI=1S/C17H20Cl2N4O/c18-14-9-5-4-6-12(14)10-23-11-15(19)16(22-23)21-17(24)20-13-7-2-1-3-8-13/h4-6,9,11,13H,1-3,7-8,10H2,(H2,20,21,22,24). The van der Waals surface area contributed by atoms with E-state index in [4.69, 9.17) is 23.2 Å². The summed E-state index contributed by atoms with van der Waals surface area (Å²) in [6, 6.07) is 7.54. The fourth-order valence-electron chi connectivity index (χ4n) is 2.94. The van der Waals surface area contributed by atoms with Gasteiger partial charge in [0.25, 0.3) is 0 Å². The van der Waals surface area contributed by atoms with Crippen LogP contribution >= 0.6 is 23.2 Å². The van der Waals surface area contributed by atoms with Crippen molar-refractivity contribution >= 4 is 35.1 Å². The van der Waals surface area contributed by atoms with Crippen LogP contribution in [0.2, 0.25) is 10.0 Å². The minimum atomic E-state index is -0.258. The maximum Gasteiger partial charge on any atom is 0.320 e. The van der Waals surface area contributed by atoms with Crippen LogP contribution in [0.3, 0.4) is 0 Å². The highest BCUT2D eigenvalue weighted by Gasteiger charge is 2.17. The molecule has 1 aliphatic rings. The average molecular weight is 367 g/mol. The monoisotopic (exact) mass is 366 g/mol. The molecule has 3 rings (SSSR count). The van der Waals surface area contributed by atoms with Crippen molar-refractivity contribution in [3.05, 3.63) is 46.1 Å². The highest BCUT2D eigenvalue weighted by molar-refractivity contribution is 6.33. The van der Waals surface area contributed by atoms with E-state index in [1.54, 1.807) is 10.9 Å². The third-order valence-corrected chi connectivity index (χ3v) is 4.82. The van der Waals surface area contributed by atoms with Crippen LogP contribution in [0, 0.1) is 0 Å². The van der Waals surface area contributed by atoms with E-state index >= 15 is 0 Å². The quantitative estimate of drug-likeness (QED) is 0.824. The summed E-state index contributed by atoms with van der Waals surface area (Å²) in [6.45, 7) is 0.491. The minimum absolute atomic E-state index is 0.239. The molecule has 5 nitrogen and oxygen atoms in total. The van der Waals surface area contributed by atoms with Crippen molar-refractivity contribution in [2.45, 2.75) is 44.7 Å². The van der Waals surface area contributed by atoms with Gasteiger partial charge in [0.05, 0.1) is 6.54 Å². The number of anilines is 1. The number of benzene rings is 1. The minimum Gasteiger partial charge on any atom is -0.335 e. The van der Waals surface area contributed by atoms with Crippen LogP contribution in [-0.2, 0) is 6.54 Å². The topological polar surface area (TPSA) is 59.0 Å². The van der Waals surface area contributed by atoms with Crippen LogP contribution in [0.5, 0.6) is 0 Å². The Morgan fingerprint density at radius 1 is 1.17 bits per heavy atom. The van der Waals surface area contributed by atoms with Gasteiger partial charge >= 0.3 is 6.03 Å². The van der Waals surface area contributed by atoms with E-state index in [9.17, 15) is 4.79 Å². The molecule has 0 saturated heterocycles. The Balaban J connectivity index is 1.61. The molecular formula is C17H20Cl2N4O. The number of aromatic nitrogens is 2. The Morgan fingerprint density at radius 3 is 2.67 bits per heavy atom. The molecule has 1 aromatic carbocycles. The largest absolute Gasteiger partial charge is 0.335 e.